The largest absolute Gasteiger partial charge is 0.334 e. The number of nitrogens with zero attached hydrogens (tertiary/aromatic N) is 2. The molecule has 1 amide bonds. The number of hydrogen-bond donors (Lipinski definition) is 1. The van der Waals surface area contributed by atoms with E-state index in [1.165, 1.54) is 0 Å². The van der Waals surface area contributed by atoms with Crippen molar-refractivity contribution in [1.82, 2.24) is 9.88 Å². The molecule has 0 aliphatic rings. The average Bonchev–Trinajstić information content (AvgIpc) is 2.20. The van der Waals surface area contributed by atoms with E-state index in [0.29, 0.717) is 13.1 Å². The number of hydrogen-bond acceptors (Lipinski definition) is 2. The molecule has 1 heterocycles. The van der Waals surface area contributed by atoms with Gasteiger partial charge in [-0.3, -0.25) is 9.78 Å². The van der Waals surface area contributed by atoms with Gasteiger partial charge in [0.25, 0.3) is 5.24 Å². The van der Waals surface area contributed by atoms with E-state index in [-0.39, 0.29) is 5.24 Å². The fourth-order valence-electron chi connectivity index (χ4n) is 1.18. The highest BCUT2D eigenvalue weighted by atomic mass is 32.1. The molecule has 0 saturated carbocycles. The lowest BCUT2D eigenvalue weighted by Gasteiger charge is -2.17. The van der Waals surface area contributed by atoms with Crippen LogP contribution in [0.15, 0.2) is 24.4 Å². The Morgan fingerprint density at radius 2 is 2.36 bits per heavy atom. The number of carbonyl (C=O) groups is 1. The molecule has 1 aromatic rings. The number of amides is 1. The predicted octanol–water partition coefficient (Wildman–Crippen LogP) is 2.00. The number of aromatic nitrogens is 1. The normalized spacial score (nSPS) is 9.86. The van der Waals surface area contributed by atoms with Crippen molar-refractivity contribution in [1.29, 1.82) is 0 Å². The maximum absolute atomic E-state index is 11.0. The quantitative estimate of drug-likeness (QED) is 0.771. The Balaban J connectivity index is 2.44. The van der Waals surface area contributed by atoms with E-state index in [2.05, 4.69) is 17.6 Å². The molecule has 0 unspecified atom stereocenters. The number of thiol groups is 1. The third kappa shape index (κ3) is 3.38. The zero-order chi connectivity index (χ0) is 10.4. The zero-order valence-corrected chi connectivity index (χ0v) is 9.08. The van der Waals surface area contributed by atoms with Crippen molar-refractivity contribution >= 4 is 17.9 Å². The minimum absolute atomic E-state index is 0.177. The molecule has 1 rings (SSSR count). The van der Waals surface area contributed by atoms with E-state index in [0.717, 1.165) is 12.1 Å². The number of pyridine rings is 1. The zero-order valence-electron chi connectivity index (χ0n) is 8.18. The lowest BCUT2D eigenvalue weighted by molar-refractivity contribution is 0.226. The Hall–Kier alpha value is -1.03. The van der Waals surface area contributed by atoms with Crippen molar-refractivity contribution in [3.63, 3.8) is 0 Å². The van der Waals surface area contributed by atoms with Crippen LogP contribution in [0.2, 0.25) is 0 Å². The molecular weight excluding hydrogens is 196 g/mol. The molecule has 0 aliphatic carbocycles. The number of likely N-dealkylation sites (N-methyl/N-ethyl adjacent to an activating group) is 1. The Morgan fingerprint density at radius 3 is 2.86 bits per heavy atom. The molecule has 0 aromatic carbocycles. The third-order valence-corrected chi connectivity index (χ3v) is 2.30. The van der Waals surface area contributed by atoms with Gasteiger partial charge in [0.05, 0.1) is 0 Å². The molecule has 0 N–H and O–H groups in total. The first-order valence-electron chi connectivity index (χ1n) is 4.61. The van der Waals surface area contributed by atoms with E-state index in [9.17, 15) is 4.79 Å². The summed E-state index contributed by atoms with van der Waals surface area (Å²) in [6.07, 6.45) is 2.54. The monoisotopic (exact) mass is 210 g/mol. The lowest BCUT2D eigenvalue weighted by atomic mass is 10.2. The first-order valence-corrected chi connectivity index (χ1v) is 5.06. The van der Waals surface area contributed by atoms with Crippen LogP contribution in [0.3, 0.4) is 0 Å². The van der Waals surface area contributed by atoms with Gasteiger partial charge < -0.3 is 4.90 Å². The molecular formula is C10H14N2OS. The number of rotatable bonds is 4. The van der Waals surface area contributed by atoms with E-state index in [1.54, 1.807) is 11.1 Å². The molecule has 0 aliphatic heterocycles. The third-order valence-electron chi connectivity index (χ3n) is 2.02. The second kappa shape index (κ2) is 5.65. The Morgan fingerprint density at radius 1 is 1.57 bits per heavy atom. The highest BCUT2D eigenvalue weighted by Gasteiger charge is 2.06. The minimum atomic E-state index is -0.177. The maximum atomic E-state index is 11.0. The van der Waals surface area contributed by atoms with Crippen molar-refractivity contribution in [3.05, 3.63) is 30.1 Å². The molecule has 0 bridgehead atoms. The van der Waals surface area contributed by atoms with Crippen LogP contribution in [-0.2, 0) is 6.42 Å². The van der Waals surface area contributed by atoms with Gasteiger partial charge in [0.15, 0.2) is 0 Å². The fourth-order valence-corrected chi connectivity index (χ4v) is 1.43. The van der Waals surface area contributed by atoms with E-state index in [1.807, 2.05) is 25.1 Å². The molecule has 0 spiro atoms. The summed E-state index contributed by atoms with van der Waals surface area (Å²) in [5.74, 6) is 0. The SMILES string of the molecule is CCN(CCc1ccccn1)C(=O)S. The van der Waals surface area contributed by atoms with Crippen molar-refractivity contribution < 1.29 is 4.79 Å². The highest BCUT2D eigenvalue weighted by molar-refractivity contribution is 7.96. The number of carbonyl (C=O) groups excluding carboxylic acids is 1. The summed E-state index contributed by atoms with van der Waals surface area (Å²) in [6, 6.07) is 5.78. The van der Waals surface area contributed by atoms with E-state index in [4.69, 9.17) is 0 Å². The molecule has 3 nitrogen and oxygen atoms in total. The summed E-state index contributed by atoms with van der Waals surface area (Å²) in [5.41, 5.74) is 1.00. The maximum Gasteiger partial charge on any atom is 0.278 e. The first-order chi connectivity index (χ1) is 6.74. The second-order valence-corrected chi connectivity index (χ2v) is 3.32. The lowest BCUT2D eigenvalue weighted by Crippen LogP contribution is -2.28. The molecule has 0 fully saturated rings. The van der Waals surface area contributed by atoms with Gasteiger partial charge in [0.2, 0.25) is 0 Å². The van der Waals surface area contributed by atoms with Crippen LogP contribution in [0, 0.1) is 0 Å². The topological polar surface area (TPSA) is 33.2 Å². The van der Waals surface area contributed by atoms with Crippen LogP contribution in [0.25, 0.3) is 0 Å². The van der Waals surface area contributed by atoms with Crippen molar-refractivity contribution in [2.45, 2.75) is 13.3 Å². The van der Waals surface area contributed by atoms with Crippen molar-refractivity contribution in [2.75, 3.05) is 13.1 Å². The Kier molecular flexibility index (Phi) is 4.46. The highest BCUT2D eigenvalue weighted by Crippen LogP contribution is 2.00. The van der Waals surface area contributed by atoms with Crippen LogP contribution in [0.1, 0.15) is 12.6 Å². The van der Waals surface area contributed by atoms with Crippen LogP contribution in [0.4, 0.5) is 4.79 Å². The van der Waals surface area contributed by atoms with Crippen LogP contribution in [-0.4, -0.2) is 28.2 Å². The van der Waals surface area contributed by atoms with Gasteiger partial charge in [0, 0.05) is 31.4 Å². The van der Waals surface area contributed by atoms with Crippen LogP contribution < -0.4 is 0 Å². The van der Waals surface area contributed by atoms with Crippen LogP contribution in [0.5, 0.6) is 0 Å². The van der Waals surface area contributed by atoms with E-state index < -0.39 is 0 Å². The Bertz CT molecular complexity index is 289. The predicted molar refractivity (Wildman–Crippen MR) is 59.6 cm³/mol. The first kappa shape index (κ1) is 11.0. The van der Waals surface area contributed by atoms with Gasteiger partial charge >= 0.3 is 0 Å². The van der Waals surface area contributed by atoms with Gasteiger partial charge in [0.1, 0.15) is 0 Å². The molecule has 0 radical (unpaired) electrons. The van der Waals surface area contributed by atoms with E-state index >= 15 is 0 Å². The summed E-state index contributed by atoms with van der Waals surface area (Å²) in [4.78, 5) is 16.8. The standard InChI is InChI=1S/C10H14N2OS/c1-2-12(10(13)14)8-6-9-5-3-4-7-11-9/h3-5,7H,2,6,8H2,1H3,(H,13,14). The molecule has 14 heavy (non-hydrogen) atoms. The smallest absolute Gasteiger partial charge is 0.278 e. The average molecular weight is 210 g/mol. The molecule has 0 atom stereocenters. The van der Waals surface area contributed by atoms with Gasteiger partial charge in [-0.25, -0.2) is 0 Å². The fraction of sp³-hybridized carbons (Fsp3) is 0.400. The molecule has 4 heteroatoms. The molecule has 76 valence electrons. The van der Waals surface area contributed by atoms with Gasteiger partial charge in [-0.1, -0.05) is 18.7 Å². The molecule has 1 aromatic heterocycles. The van der Waals surface area contributed by atoms with Crippen LogP contribution >= 0.6 is 12.6 Å². The van der Waals surface area contributed by atoms with Crippen molar-refractivity contribution in [3.8, 4) is 0 Å². The summed E-state index contributed by atoms with van der Waals surface area (Å²) in [7, 11) is 0. The Labute approximate surface area is 89.6 Å². The summed E-state index contributed by atoms with van der Waals surface area (Å²) in [5, 5.41) is -0.177. The van der Waals surface area contributed by atoms with Gasteiger partial charge in [-0.05, 0) is 19.1 Å². The summed E-state index contributed by atoms with van der Waals surface area (Å²) in [6.45, 7) is 3.30. The summed E-state index contributed by atoms with van der Waals surface area (Å²) < 4.78 is 0. The molecule has 0 saturated heterocycles. The second-order valence-electron chi connectivity index (χ2n) is 2.93. The minimum Gasteiger partial charge on any atom is -0.334 e. The summed E-state index contributed by atoms with van der Waals surface area (Å²) >= 11 is 3.79. The van der Waals surface area contributed by atoms with Gasteiger partial charge in [-0.15, -0.1) is 0 Å². The van der Waals surface area contributed by atoms with Crippen molar-refractivity contribution in [2.24, 2.45) is 0 Å². The van der Waals surface area contributed by atoms with Gasteiger partial charge in [-0.2, -0.15) is 0 Å².